The van der Waals surface area contributed by atoms with Gasteiger partial charge in [-0.05, 0) is 31.0 Å². The highest BCUT2D eigenvalue weighted by atomic mass is 16.7. The number of nitro benzene ring substituents is 1. The summed E-state index contributed by atoms with van der Waals surface area (Å²) in [6, 6.07) is 9.20. The van der Waals surface area contributed by atoms with Crippen LogP contribution in [0.5, 0.6) is 0 Å². The summed E-state index contributed by atoms with van der Waals surface area (Å²) in [5, 5.41) is 11.2. The number of furan rings is 1. The molecule has 1 aromatic heterocycles. The highest BCUT2D eigenvalue weighted by molar-refractivity contribution is 6.18. The van der Waals surface area contributed by atoms with Crippen molar-refractivity contribution in [3.63, 3.8) is 0 Å². The number of esters is 2. The molecule has 1 aliphatic carbocycles. The Kier molecular flexibility index (Phi) is 4.46. The van der Waals surface area contributed by atoms with Crippen LogP contribution in [0.15, 0.2) is 46.4 Å². The van der Waals surface area contributed by atoms with Gasteiger partial charge in [-0.25, -0.2) is 9.59 Å². The molecule has 0 bridgehead atoms. The molecule has 0 unspecified atom stereocenters. The summed E-state index contributed by atoms with van der Waals surface area (Å²) < 4.78 is 16.5. The maximum Gasteiger partial charge on any atom is 0.349 e. The van der Waals surface area contributed by atoms with E-state index in [4.69, 9.17) is 13.9 Å². The molecule has 8 nitrogen and oxygen atoms in total. The molecule has 1 aliphatic heterocycles. The van der Waals surface area contributed by atoms with Gasteiger partial charge in [-0.3, -0.25) is 10.1 Å². The summed E-state index contributed by atoms with van der Waals surface area (Å²) in [7, 11) is 0. The van der Waals surface area contributed by atoms with E-state index in [1.165, 1.54) is 24.3 Å². The first-order valence-electron chi connectivity index (χ1n) is 8.99. The standard InChI is InChI=1S/C20H17NO7/c22-18-15(19(23)28-20(27-18)10-4-1-5-11-20)12-13-8-9-17(26-13)14-6-2-3-7-16(14)21(24)25/h2-3,6-9,12H,1,4-5,10-11H2. The molecule has 2 aliphatic rings. The quantitative estimate of drug-likeness (QED) is 0.259. The summed E-state index contributed by atoms with van der Waals surface area (Å²) in [6.07, 6.45) is 4.91. The van der Waals surface area contributed by atoms with E-state index < -0.39 is 22.6 Å². The number of hydrogen-bond acceptors (Lipinski definition) is 7. The molecule has 1 saturated carbocycles. The van der Waals surface area contributed by atoms with Crippen LogP contribution in [0.2, 0.25) is 0 Å². The van der Waals surface area contributed by atoms with Crippen molar-refractivity contribution in [2.75, 3.05) is 0 Å². The molecule has 2 heterocycles. The Balaban J connectivity index is 1.60. The molecule has 144 valence electrons. The third-order valence-corrected chi connectivity index (χ3v) is 4.89. The fourth-order valence-electron chi connectivity index (χ4n) is 3.52. The number of ether oxygens (including phenoxy) is 2. The van der Waals surface area contributed by atoms with Crippen molar-refractivity contribution >= 4 is 23.7 Å². The number of rotatable bonds is 3. The monoisotopic (exact) mass is 383 g/mol. The van der Waals surface area contributed by atoms with Crippen LogP contribution in [0.4, 0.5) is 5.69 Å². The van der Waals surface area contributed by atoms with E-state index in [9.17, 15) is 19.7 Å². The van der Waals surface area contributed by atoms with Crippen LogP contribution in [0.3, 0.4) is 0 Å². The van der Waals surface area contributed by atoms with Crippen molar-refractivity contribution < 1.29 is 28.4 Å². The van der Waals surface area contributed by atoms with Crippen molar-refractivity contribution in [1.29, 1.82) is 0 Å². The minimum absolute atomic E-state index is 0.105. The first-order chi connectivity index (χ1) is 13.5. The Morgan fingerprint density at radius 2 is 1.64 bits per heavy atom. The lowest BCUT2D eigenvalue weighted by atomic mass is 9.93. The zero-order valence-corrected chi connectivity index (χ0v) is 14.9. The molecule has 1 spiro atoms. The van der Waals surface area contributed by atoms with Gasteiger partial charge >= 0.3 is 11.9 Å². The van der Waals surface area contributed by atoms with Crippen molar-refractivity contribution in [2.24, 2.45) is 0 Å². The molecule has 2 aromatic rings. The van der Waals surface area contributed by atoms with Crippen LogP contribution in [0.25, 0.3) is 17.4 Å². The Hall–Kier alpha value is -3.42. The van der Waals surface area contributed by atoms with Gasteiger partial charge in [0.05, 0.1) is 10.5 Å². The normalized spacial score (nSPS) is 18.5. The highest BCUT2D eigenvalue weighted by Crippen LogP contribution is 2.38. The maximum absolute atomic E-state index is 12.4. The number of hydrogen-bond donors (Lipinski definition) is 0. The van der Waals surface area contributed by atoms with Gasteiger partial charge in [0, 0.05) is 25.0 Å². The fourth-order valence-corrected chi connectivity index (χ4v) is 3.52. The average molecular weight is 383 g/mol. The van der Waals surface area contributed by atoms with Crippen LogP contribution < -0.4 is 0 Å². The number of carbonyl (C=O) groups excluding carboxylic acids is 2. The predicted molar refractivity (Wildman–Crippen MR) is 96.8 cm³/mol. The fraction of sp³-hybridized carbons (Fsp3) is 0.300. The summed E-state index contributed by atoms with van der Waals surface area (Å²) in [5.74, 6) is -2.20. The zero-order chi connectivity index (χ0) is 19.7. The van der Waals surface area contributed by atoms with Crippen molar-refractivity contribution in [3.05, 3.63) is 57.8 Å². The number of carbonyl (C=O) groups is 2. The van der Waals surface area contributed by atoms with Gasteiger partial charge in [0.1, 0.15) is 17.1 Å². The second-order valence-electron chi connectivity index (χ2n) is 6.78. The summed E-state index contributed by atoms with van der Waals surface area (Å²) >= 11 is 0. The van der Waals surface area contributed by atoms with Gasteiger partial charge in [0.15, 0.2) is 0 Å². The summed E-state index contributed by atoms with van der Waals surface area (Å²) in [4.78, 5) is 35.4. The highest BCUT2D eigenvalue weighted by Gasteiger charge is 2.46. The van der Waals surface area contributed by atoms with E-state index in [2.05, 4.69) is 0 Å². The van der Waals surface area contributed by atoms with E-state index in [0.29, 0.717) is 18.4 Å². The molecule has 0 radical (unpaired) electrons. The van der Waals surface area contributed by atoms with Crippen molar-refractivity contribution in [2.45, 2.75) is 37.9 Å². The van der Waals surface area contributed by atoms with Crippen LogP contribution in [-0.4, -0.2) is 22.6 Å². The molecule has 0 amide bonds. The van der Waals surface area contributed by atoms with E-state index in [1.807, 2.05) is 0 Å². The summed E-state index contributed by atoms with van der Waals surface area (Å²) in [5.41, 5.74) is -0.0708. The SMILES string of the molecule is O=C1OC2(CCCCC2)OC(=O)C1=Cc1ccc(-c2ccccc2[N+](=O)[O-])o1. The average Bonchev–Trinajstić information content (AvgIpc) is 3.14. The number of para-hydroxylation sites is 1. The lowest BCUT2D eigenvalue weighted by molar-refractivity contribution is -0.384. The van der Waals surface area contributed by atoms with E-state index in [0.717, 1.165) is 19.3 Å². The predicted octanol–water partition coefficient (Wildman–Crippen LogP) is 4.00. The lowest BCUT2D eigenvalue weighted by Crippen LogP contribution is -2.47. The second-order valence-corrected chi connectivity index (χ2v) is 6.78. The molecular weight excluding hydrogens is 366 g/mol. The maximum atomic E-state index is 12.4. The smallest absolute Gasteiger partial charge is 0.349 e. The molecule has 4 rings (SSSR count). The molecule has 8 heteroatoms. The van der Waals surface area contributed by atoms with Gasteiger partial charge in [-0.2, -0.15) is 0 Å². The molecular formula is C20H17NO7. The lowest BCUT2D eigenvalue weighted by Gasteiger charge is -2.38. The second kappa shape index (κ2) is 6.95. The molecule has 28 heavy (non-hydrogen) atoms. The van der Waals surface area contributed by atoms with Crippen LogP contribution >= 0.6 is 0 Å². The molecule has 2 fully saturated rings. The van der Waals surface area contributed by atoms with Crippen LogP contribution in [0, 0.1) is 10.1 Å². The zero-order valence-electron chi connectivity index (χ0n) is 14.9. The molecule has 1 saturated heterocycles. The third-order valence-electron chi connectivity index (χ3n) is 4.89. The molecule has 0 atom stereocenters. The Morgan fingerprint density at radius 1 is 0.964 bits per heavy atom. The van der Waals surface area contributed by atoms with E-state index in [-0.39, 0.29) is 22.8 Å². The van der Waals surface area contributed by atoms with E-state index in [1.54, 1.807) is 18.2 Å². The molecule has 1 aromatic carbocycles. The van der Waals surface area contributed by atoms with E-state index >= 15 is 0 Å². The molecule has 0 N–H and O–H groups in total. The Labute approximate surface area is 159 Å². The number of nitrogens with zero attached hydrogens (tertiary/aromatic N) is 1. The number of benzene rings is 1. The first-order valence-corrected chi connectivity index (χ1v) is 8.99. The number of nitro groups is 1. The minimum Gasteiger partial charge on any atom is -0.456 e. The van der Waals surface area contributed by atoms with Crippen LogP contribution in [0.1, 0.15) is 37.9 Å². The Morgan fingerprint density at radius 3 is 2.32 bits per heavy atom. The van der Waals surface area contributed by atoms with Gasteiger partial charge in [0.25, 0.3) is 11.5 Å². The van der Waals surface area contributed by atoms with Crippen LogP contribution in [-0.2, 0) is 19.1 Å². The van der Waals surface area contributed by atoms with Gasteiger partial charge in [-0.15, -0.1) is 0 Å². The summed E-state index contributed by atoms with van der Waals surface area (Å²) in [6.45, 7) is 0. The largest absolute Gasteiger partial charge is 0.456 e. The first kappa shape index (κ1) is 18.0. The minimum atomic E-state index is -1.15. The van der Waals surface area contributed by atoms with Crippen molar-refractivity contribution in [1.82, 2.24) is 0 Å². The van der Waals surface area contributed by atoms with Crippen molar-refractivity contribution in [3.8, 4) is 11.3 Å². The van der Waals surface area contributed by atoms with Gasteiger partial charge < -0.3 is 13.9 Å². The third kappa shape index (κ3) is 3.28. The Bertz CT molecular complexity index is 960. The topological polar surface area (TPSA) is 109 Å². The van der Waals surface area contributed by atoms with Gasteiger partial charge in [-0.1, -0.05) is 18.6 Å². The van der Waals surface area contributed by atoms with Gasteiger partial charge in [0.2, 0.25) is 0 Å².